The lowest BCUT2D eigenvalue weighted by atomic mass is 11.0. The molecule has 3 heterocycles. The first-order chi connectivity index (χ1) is 30.5. The Kier molecular flexibility index (Phi) is 87.6. The Labute approximate surface area is 418 Å². The summed E-state index contributed by atoms with van der Waals surface area (Å²) in [6.07, 6.45) is 14.3. The van der Waals surface area contributed by atoms with E-state index in [-0.39, 0.29) is 14.9 Å². The molecule has 0 aliphatic rings. The summed E-state index contributed by atoms with van der Waals surface area (Å²) >= 11 is 0. The van der Waals surface area contributed by atoms with E-state index in [1.807, 2.05) is 0 Å². The third-order valence-electron chi connectivity index (χ3n) is 4.66. The number of H-pyrrole nitrogens is 1. The molecule has 434 valence electrons. The van der Waals surface area contributed by atoms with Crippen LogP contribution in [-0.4, -0.2) is 190 Å². The van der Waals surface area contributed by atoms with Gasteiger partial charge in [0.1, 0.15) is 20.3 Å². The van der Waals surface area contributed by atoms with E-state index in [0.29, 0.717) is 12.3 Å². The number of hydrogen-bond donors (Lipinski definition) is 17. The van der Waals surface area contributed by atoms with Crippen molar-refractivity contribution in [3.05, 3.63) is 56.2 Å². The molecule has 70 heavy (non-hydrogen) atoms. The van der Waals surface area contributed by atoms with E-state index in [1.165, 1.54) is 149 Å². The predicted octanol–water partition coefficient (Wildman–Crippen LogP) is 1.69. The van der Waals surface area contributed by atoms with Crippen LogP contribution in [0.5, 0.6) is 0 Å². The molecular formula is C31H97N14O17P8-. The van der Waals surface area contributed by atoms with Crippen molar-refractivity contribution in [1.29, 1.82) is 0 Å². The standard InChI is InChI=1S/2C4H7N2O2P.C3H4N2.2C3H9O2P.3C2H8NO2P.5CH5N.CH5O3P.2CH4/c2*1-9(7,8)6-3-2-5-4-6;1-2-5-3-4-1;5*1-3-6(2,4)5;5*1-2;1-5(2,3)4;;/h2*2-4H,1H3,(H,7,8);1-3H,(H,4,5);2*3H2,1-2H3,(H,4,5);3*1-2H3,(H2,3,4,5);5*2H2,1H3;1H3,(H2,2,3,4);2*1H4/p-1. The van der Waals surface area contributed by atoms with Gasteiger partial charge in [0, 0.05) is 103 Å². The van der Waals surface area contributed by atoms with E-state index in [4.69, 9.17) is 39.1 Å². The van der Waals surface area contributed by atoms with Crippen molar-refractivity contribution in [1.82, 2.24) is 43.9 Å². The predicted molar refractivity (Wildman–Crippen MR) is 292 cm³/mol. The molecule has 8 unspecified atom stereocenters. The fourth-order valence-electron chi connectivity index (χ4n) is 1.16. The fourth-order valence-corrected chi connectivity index (χ4v) is 2.27. The van der Waals surface area contributed by atoms with Crippen molar-refractivity contribution < 1.29 is 80.6 Å². The molecule has 0 saturated carbocycles. The minimum absolute atomic E-state index is 0. The molecule has 0 fully saturated rings. The molecule has 8 atom stereocenters. The highest BCUT2D eigenvalue weighted by Gasteiger charge is 2.10. The molecule has 22 N–H and O–H groups in total. The lowest BCUT2D eigenvalue weighted by molar-refractivity contribution is -0.191. The van der Waals surface area contributed by atoms with Crippen LogP contribution in [0.2, 0.25) is 0 Å². The van der Waals surface area contributed by atoms with Gasteiger partial charge in [-0.05, 0) is 56.4 Å². The largest absolute Gasteiger partial charge is 0.779 e. The molecule has 0 aliphatic heterocycles. The first kappa shape index (κ1) is 102. The lowest BCUT2D eigenvalue weighted by Gasteiger charge is -2.04. The Morgan fingerprint density at radius 3 is 0.714 bits per heavy atom. The van der Waals surface area contributed by atoms with Crippen LogP contribution in [0.15, 0.2) is 56.2 Å². The fraction of sp³-hybridized carbons (Fsp3) is 0.710. The highest BCUT2D eigenvalue weighted by Crippen LogP contribution is 2.37. The van der Waals surface area contributed by atoms with Gasteiger partial charge in [-0.15, -0.1) is 0 Å². The molecule has 0 spiro atoms. The third kappa shape index (κ3) is 144. The molecule has 0 aromatic carbocycles. The second kappa shape index (κ2) is 60.3. The molecule has 0 amide bonds. The summed E-state index contributed by atoms with van der Waals surface area (Å²) in [6.45, 7) is 13.1. The summed E-state index contributed by atoms with van der Waals surface area (Å²) in [5.74, 6) is 0. The Hall–Kier alpha value is -1.21. The zero-order valence-corrected chi connectivity index (χ0v) is 49.7. The Morgan fingerprint density at radius 1 is 0.486 bits per heavy atom. The van der Waals surface area contributed by atoms with Crippen molar-refractivity contribution in [3.8, 4) is 0 Å². The average molecular weight is 1190 g/mol. The van der Waals surface area contributed by atoms with Crippen molar-refractivity contribution in [3.63, 3.8) is 0 Å². The summed E-state index contributed by atoms with van der Waals surface area (Å²) in [4.78, 5) is 89.7. The summed E-state index contributed by atoms with van der Waals surface area (Å²) < 4.78 is 83.5. The van der Waals surface area contributed by atoms with Crippen LogP contribution in [0.25, 0.3) is 0 Å². The van der Waals surface area contributed by atoms with Crippen molar-refractivity contribution in [2.45, 2.75) is 28.7 Å². The van der Waals surface area contributed by atoms with Gasteiger partial charge in [0.25, 0.3) is 37.6 Å². The summed E-state index contributed by atoms with van der Waals surface area (Å²) in [5, 5.41) is 6.65. The van der Waals surface area contributed by atoms with Gasteiger partial charge in [-0.25, -0.2) is 30.2 Å². The molecule has 3 aromatic rings. The second-order valence-corrected chi connectivity index (χ2v) is 29.1. The van der Waals surface area contributed by atoms with Crippen LogP contribution in [-0.2, 0) is 36.5 Å². The molecule has 3 aromatic heterocycles. The topological polar surface area (TPSA) is 552 Å². The number of aromatic amines is 1. The molecular weight excluding hydrogens is 1090 g/mol. The van der Waals surface area contributed by atoms with Crippen molar-refractivity contribution >= 4 is 59.9 Å². The Balaban J connectivity index is -0.0000000465. The number of nitrogens with two attached hydrogens (primary N) is 5. The first-order valence-corrected chi connectivity index (χ1v) is 35.5. The second-order valence-electron chi connectivity index (χ2n) is 11.2. The minimum atomic E-state index is -3.89. The maximum absolute atomic E-state index is 10.8. The number of nitrogens with one attached hydrogen (secondary N) is 4. The number of aromatic nitrogens is 6. The molecule has 0 aliphatic carbocycles. The SMILES string of the molecule is C.C.CCP(C)(=O)O.CCP(C)(=O)O.CN.CN.CN.CN.CN.CNP(C)(=O)O.CNP(C)(=O)O.CNP(C)(=O)O.CP(=O)(O)n1ccnc1.CP(=O)(O)n1ccnc1.CP(=O)([O-])O.c1c[nH]cn1. The van der Waals surface area contributed by atoms with Crippen molar-refractivity contribution in [2.75, 3.05) is 122 Å². The molecule has 0 radical (unpaired) electrons. The highest BCUT2D eigenvalue weighted by atomic mass is 31.2. The van der Waals surface area contributed by atoms with Crippen LogP contribution < -0.4 is 48.8 Å². The Morgan fingerprint density at radius 2 is 0.671 bits per heavy atom. The first-order valence-electron chi connectivity index (χ1n) is 18.5. The van der Waals surface area contributed by atoms with Crippen LogP contribution in [0.4, 0.5) is 0 Å². The lowest BCUT2D eigenvalue weighted by Crippen LogP contribution is -1.98. The van der Waals surface area contributed by atoms with Crippen LogP contribution in [0.1, 0.15) is 28.7 Å². The van der Waals surface area contributed by atoms with E-state index in [0.717, 1.165) is 6.66 Å². The third-order valence-corrected chi connectivity index (χ3v) is 11.7. The zero-order chi connectivity index (χ0) is 57.9. The number of hydrogen-bond acceptors (Lipinski definition) is 17. The zero-order valence-electron chi connectivity index (χ0n) is 42.6. The number of imidazole rings is 3. The molecule has 3 rings (SSSR count). The molecule has 0 saturated heterocycles. The highest BCUT2D eigenvalue weighted by molar-refractivity contribution is 7.57. The maximum atomic E-state index is 10.8. The van der Waals surface area contributed by atoms with Gasteiger partial charge in [-0.2, -0.15) is 0 Å². The van der Waals surface area contributed by atoms with Gasteiger partial charge in [0.05, 0.1) is 6.33 Å². The van der Waals surface area contributed by atoms with Gasteiger partial charge in [0.15, 0.2) is 14.7 Å². The number of rotatable bonds is 7. The summed E-state index contributed by atoms with van der Waals surface area (Å²) in [7, 11) is -12.3. The van der Waals surface area contributed by atoms with E-state index in [2.05, 4.69) is 63.9 Å². The summed E-state index contributed by atoms with van der Waals surface area (Å²) in [5.41, 5.74) is 22.5. The van der Waals surface area contributed by atoms with E-state index < -0.39 is 59.9 Å². The van der Waals surface area contributed by atoms with Gasteiger partial charge in [-0.1, -0.05) is 28.7 Å². The van der Waals surface area contributed by atoms with E-state index >= 15 is 0 Å². The van der Waals surface area contributed by atoms with Gasteiger partial charge in [0.2, 0.25) is 0 Å². The number of nitrogens with zero attached hydrogens (tertiary/aromatic N) is 5. The van der Waals surface area contributed by atoms with Crippen molar-refractivity contribution in [2.24, 2.45) is 28.7 Å². The summed E-state index contributed by atoms with van der Waals surface area (Å²) in [6, 6.07) is 0. The quantitative estimate of drug-likeness (QED) is 0.150. The Bertz CT molecular complexity index is 1580. The molecule has 39 heteroatoms. The monoisotopic (exact) mass is 1190 g/mol. The average Bonchev–Trinajstić information content (AvgIpc) is 4.07. The maximum Gasteiger partial charge on any atom is 0.295 e. The van der Waals surface area contributed by atoms with E-state index in [9.17, 15) is 41.4 Å². The van der Waals surface area contributed by atoms with E-state index in [1.54, 1.807) is 32.6 Å². The normalized spacial score (nSPS) is 15.4. The van der Waals surface area contributed by atoms with Crippen LogP contribution in [0, 0.1) is 0 Å². The van der Waals surface area contributed by atoms with Gasteiger partial charge in [-0.3, -0.25) is 40.6 Å². The van der Waals surface area contributed by atoms with Gasteiger partial charge >= 0.3 is 0 Å². The molecule has 31 nitrogen and oxygen atoms in total. The van der Waals surface area contributed by atoms with Crippen LogP contribution >= 0.6 is 59.9 Å². The van der Waals surface area contributed by atoms with Gasteiger partial charge < -0.3 is 82.3 Å². The molecule has 0 bridgehead atoms. The van der Waals surface area contributed by atoms with Crippen LogP contribution in [0.3, 0.4) is 0 Å². The smallest absolute Gasteiger partial charge is 0.295 e. The minimum Gasteiger partial charge on any atom is -0.779 e.